The summed E-state index contributed by atoms with van der Waals surface area (Å²) < 4.78 is 18.4. The van der Waals surface area contributed by atoms with Gasteiger partial charge in [0.15, 0.2) is 5.75 Å². The first-order valence-electron chi connectivity index (χ1n) is 19.6. The zero-order valence-corrected chi connectivity index (χ0v) is 36.5. The maximum Gasteiger partial charge on any atom is 0.411 e. The Kier molecular flexibility index (Phi) is 16.9. The summed E-state index contributed by atoms with van der Waals surface area (Å²) in [6.45, 7) is 19.2. The molecule has 15 nitrogen and oxygen atoms in total. The molecule has 5 amide bonds. The summed E-state index contributed by atoms with van der Waals surface area (Å²) in [6.07, 6.45) is 3.72. The molecule has 0 saturated heterocycles. The number of anilines is 2. The van der Waals surface area contributed by atoms with Crippen molar-refractivity contribution in [3.63, 3.8) is 0 Å². The number of ether oxygens (including phenoxy) is 2. The van der Waals surface area contributed by atoms with Crippen LogP contribution in [0.4, 0.5) is 21.0 Å². The molecule has 2 aromatic rings. The van der Waals surface area contributed by atoms with Crippen molar-refractivity contribution >= 4 is 49.6 Å². The fourth-order valence-corrected chi connectivity index (χ4v) is 12.7. The minimum Gasteiger partial charge on any atom is -0.540 e. The highest BCUT2D eigenvalue weighted by molar-refractivity contribution is 6.78. The fraction of sp³-hybridized carbons (Fsp3) is 0.500. The van der Waals surface area contributed by atoms with E-state index >= 15 is 0 Å². The number of amides is 5. The maximum absolute atomic E-state index is 14.2. The van der Waals surface area contributed by atoms with Gasteiger partial charge in [-0.15, -0.1) is 0 Å². The number of nitrogens with zero attached hydrogens (tertiary/aromatic N) is 1. The number of carbonyl (C=O) groups excluding carboxylic acids is 4. The van der Waals surface area contributed by atoms with Gasteiger partial charge in [0.2, 0.25) is 11.8 Å². The molecule has 3 atom stereocenters. The molecule has 2 aromatic carbocycles. The zero-order valence-electron chi connectivity index (χ0n) is 35.5. The van der Waals surface area contributed by atoms with Gasteiger partial charge in [0.25, 0.3) is 14.2 Å². The normalized spacial score (nSPS) is 15.3. The van der Waals surface area contributed by atoms with Crippen LogP contribution in [0.15, 0.2) is 60.3 Å². The second kappa shape index (κ2) is 20.9. The number of carboxylic acid groups (broad SMARTS) is 1. The van der Waals surface area contributed by atoms with Crippen molar-refractivity contribution in [2.75, 3.05) is 24.4 Å². The summed E-state index contributed by atoms with van der Waals surface area (Å²) in [5.74, 6) is -1.22. The van der Waals surface area contributed by atoms with Crippen LogP contribution in [0.3, 0.4) is 0 Å². The van der Waals surface area contributed by atoms with Crippen LogP contribution in [-0.4, -0.2) is 85.2 Å². The highest BCUT2D eigenvalue weighted by Gasteiger charge is 2.47. The van der Waals surface area contributed by atoms with Crippen molar-refractivity contribution in [2.45, 2.75) is 117 Å². The number of allylic oxidation sites excluding steroid dienone is 2. The Hall–Kier alpha value is -5.35. The number of hydrogen-bond acceptors (Lipinski definition) is 9. The van der Waals surface area contributed by atoms with Crippen LogP contribution in [0.2, 0.25) is 16.6 Å². The van der Waals surface area contributed by atoms with E-state index in [9.17, 15) is 29.1 Å². The zero-order chi connectivity index (χ0) is 43.5. The average Bonchev–Trinajstić information content (AvgIpc) is 3.57. The third-order valence-corrected chi connectivity index (χ3v) is 16.3. The minimum absolute atomic E-state index is 0.117. The van der Waals surface area contributed by atoms with E-state index in [0.29, 0.717) is 29.2 Å². The quantitative estimate of drug-likeness (QED) is 0.0822. The predicted octanol–water partition coefficient (Wildman–Crippen LogP) is 7.40. The van der Waals surface area contributed by atoms with Crippen LogP contribution >= 0.6 is 0 Å². The van der Waals surface area contributed by atoms with Gasteiger partial charge in [-0.2, -0.15) is 0 Å². The smallest absolute Gasteiger partial charge is 0.411 e. The molecule has 1 aliphatic heterocycles. The summed E-state index contributed by atoms with van der Waals surface area (Å²) in [6, 6.07) is 7.16. The van der Waals surface area contributed by atoms with Crippen molar-refractivity contribution in [3.8, 4) is 11.5 Å². The van der Waals surface area contributed by atoms with Gasteiger partial charge < -0.3 is 45.0 Å². The molecule has 16 heteroatoms. The first-order valence-corrected chi connectivity index (χ1v) is 21.7. The van der Waals surface area contributed by atoms with E-state index in [0.717, 1.165) is 5.57 Å². The Morgan fingerprint density at radius 2 is 1.50 bits per heavy atom. The lowest BCUT2D eigenvalue weighted by molar-refractivity contribution is -0.128. The van der Waals surface area contributed by atoms with Gasteiger partial charge in [0, 0.05) is 18.0 Å². The van der Waals surface area contributed by atoms with E-state index in [4.69, 9.17) is 19.0 Å². The minimum atomic E-state index is -2.52. The van der Waals surface area contributed by atoms with Crippen molar-refractivity contribution in [3.05, 3.63) is 71.5 Å². The molecule has 58 heavy (non-hydrogen) atoms. The molecule has 0 fully saturated rings. The van der Waals surface area contributed by atoms with E-state index in [1.807, 2.05) is 19.1 Å². The lowest BCUT2D eigenvalue weighted by Crippen LogP contribution is -2.53. The van der Waals surface area contributed by atoms with Gasteiger partial charge in [0.1, 0.15) is 24.4 Å². The standard InChI is InChI=1S/C42H61N5O10Si/c1-12-13-30-18-32(22-48)47(21-30)40(51)33-19-35(55-11)36(57-58(25(4)5,26(6)7)27(8)9)20-34(33)45-42(54)56-23-29-14-16-31(17-15-29)44-38(49)28(10)43-39(50)37(24(2)3)46-41(52)53/h12-17,19-21,24-28,32,37,46,48H,18,22-23H2,1-11H3,(H,43,50)(H,44,49)(H,45,54)(H,52,53). The van der Waals surface area contributed by atoms with Gasteiger partial charge in [-0.05, 0) is 72.1 Å². The van der Waals surface area contributed by atoms with Crippen molar-refractivity contribution in [1.29, 1.82) is 0 Å². The summed E-state index contributed by atoms with van der Waals surface area (Å²) in [7, 11) is -1.03. The van der Waals surface area contributed by atoms with Crippen molar-refractivity contribution < 1.29 is 48.1 Å². The molecular weight excluding hydrogens is 763 g/mol. The molecule has 3 unspecified atom stereocenters. The first kappa shape index (κ1) is 47.0. The Labute approximate surface area is 342 Å². The van der Waals surface area contributed by atoms with Gasteiger partial charge in [-0.1, -0.05) is 79.7 Å². The molecule has 1 heterocycles. The topological polar surface area (TPSA) is 205 Å². The number of nitrogens with one attached hydrogen (secondary N) is 4. The second-order valence-corrected chi connectivity index (χ2v) is 21.1. The van der Waals surface area contributed by atoms with E-state index < -0.39 is 56.4 Å². The summed E-state index contributed by atoms with van der Waals surface area (Å²) >= 11 is 0. The number of rotatable bonds is 18. The van der Waals surface area contributed by atoms with Crippen LogP contribution in [-0.2, 0) is 20.9 Å². The number of carbonyl (C=O) groups is 5. The fourth-order valence-electron chi connectivity index (χ4n) is 7.44. The van der Waals surface area contributed by atoms with Gasteiger partial charge in [0.05, 0.1) is 31.0 Å². The van der Waals surface area contributed by atoms with Crippen LogP contribution in [0.25, 0.3) is 0 Å². The molecule has 0 aliphatic carbocycles. The monoisotopic (exact) mass is 823 g/mol. The Morgan fingerprint density at radius 3 is 2.02 bits per heavy atom. The molecule has 3 rings (SSSR count). The maximum atomic E-state index is 14.2. The van der Waals surface area contributed by atoms with Crippen LogP contribution in [0.1, 0.15) is 91.6 Å². The van der Waals surface area contributed by atoms with Crippen LogP contribution in [0.5, 0.6) is 11.5 Å². The van der Waals surface area contributed by atoms with Crippen LogP contribution in [0, 0.1) is 5.92 Å². The molecule has 318 valence electrons. The lowest BCUT2D eigenvalue weighted by Gasteiger charge is -2.42. The van der Waals surface area contributed by atoms with E-state index in [1.165, 1.54) is 18.9 Å². The van der Waals surface area contributed by atoms with Gasteiger partial charge in [-0.25, -0.2) is 9.59 Å². The van der Waals surface area contributed by atoms with E-state index in [-0.39, 0.29) is 47.0 Å². The summed E-state index contributed by atoms with van der Waals surface area (Å²) in [4.78, 5) is 65.6. The molecular formula is C42H61N5O10Si. The largest absolute Gasteiger partial charge is 0.540 e. The third-order valence-electron chi connectivity index (χ3n) is 10.3. The number of methoxy groups -OCH3 is 1. The van der Waals surface area contributed by atoms with Crippen molar-refractivity contribution in [1.82, 2.24) is 15.5 Å². The number of aliphatic hydroxyl groups excluding tert-OH is 1. The number of hydrogen-bond donors (Lipinski definition) is 6. The molecule has 1 aliphatic rings. The third kappa shape index (κ3) is 11.6. The molecule has 0 radical (unpaired) electrons. The van der Waals surface area contributed by atoms with E-state index in [2.05, 4.69) is 62.8 Å². The first-order chi connectivity index (χ1) is 27.3. The highest BCUT2D eigenvalue weighted by atomic mass is 28.4. The summed E-state index contributed by atoms with van der Waals surface area (Å²) in [5.41, 5.74) is 2.80. The molecule has 6 N–H and O–H groups in total. The second-order valence-electron chi connectivity index (χ2n) is 15.7. The van der Waals surface area contributed by atoms with Gasteiger partial charge >= 0.3 is 12.2 Å². The highest BCUT2D eigenvalue weighted by Crippen LogP contribution is 2.46. The predicted molar refractivity (Wildman–Crippen MR) is 225 cm³/mol. The van der Waals surface area contributed by atoms with Crippen LogP contribution < -0.4 is 30.4 Å². The molecule has 0 spiro atoms. The molecule has 0 aromatic heterocycles. The SMILES string of the molecule is CC=CC1=CN(C(=O)c2cc(OC)c(O[Si](C(C)C)(C(C)C)C(C)C)cc2NC(=O)OCc2ccc(NC(=O)C(C)NC(=O)C(NC(=O)O)C(C)C)cc2)C(CO)C1. The molecule has 0 saturated carbocycles. The molecule has 0 bridgehead atoms. The van der Waals surface area contributed by atoms with E-state index in [1.54, 1.807) is 56.4 Å². The van der Waals surface area contributed by atoms with Gasteiger partial charge in [-0.3, -0.25) is 19.7 Å². The number of benzene rings is 2. The average molecular weight is 824 g/mol. The summed E-state index contributed by atoms with van der Waals surface area (Å²) in [5, 5.41) is 29.4. The van der Waals surface area contributed by atoms with Crippen molar-refractivity contribution in [2.24, 2.45) is 5.92 Å². The number of aliphatic hydroxyl groups is 1. The Bertz CT molecular complexity index is 1820. The lowest BCUT2D eigenvalue weighted by atomic mass is 10.0. The Balaban J connectivity index is 1.85. The Morgan fingerprint density at radius 1 is 0.879 bits per heavy atom.